The van der Waals surface area contributed by atoms with Gasteiger partial charge in [0, 0.05) is 17.8 Å². The predicted molar refractivity (Wildman–Crippen MR) is 67.9 cm³/mol. The first kappa shape index (κ1) is 13.7. The van der Waals surface area contributed by atoms with Gasteiger partial charge in [-0.3, -0.25) is 0 Å². The van der Waals surface area contributed by atoms with Crippen molar-refractivity contribution in [3.05, 3.63) is 35.2 Å². The quantitative estimate of drug-likeness (QED) is 0.857. The molecule has 1 aliphatic heterocycles. The van der Waals surface area contributed by atoms with E-state index in [-0.39, 0.29) is 17.8 Å². The molecule has 1 aromatic heterocycles. The Morgan fingerprint density at radius 2 is 1.86 bits per heavy atom. The minimum absolute atomic E-state index is 0.0683. The maximum Gasteiger partial charge on any atom is 0.451 e. The molecule has 0 atom stereocenters. The molecule has 3 rings (SSSR count). The maximum atomic E-state index is 12.6. The molecular weight excluding hydrogens is 311 g/mol. The van der Waals surface area contributed by atoms with Crippen LogP contribution in [0.5, 0.6) is 11.5 Å². The van der Waals surface area contributed by atoms with Crippen LogP contribution in [0.4, 0.5) is 24.7 Å². The van der Waals surface area contributed by atoms with Crippen molar-refractivity contribution in [2.75, 3.05) is 12.1 Å². The van der Waals surface area contributed by atoms with Crippen LogP contribution in [0.3, 0.4) is 0 Å². The Hall–Kier alpha value is -2.22. The lowest BCUT2D eigenvalue weighted by molar-refractivity contribution is -0.144. The zero-order chi connectivity index (χ0) is 15.0. The molecule has 0 saturated carbocycles. The Kier molecular flexibility index (Phi) is 3.25. The molecule has 0 amide bonds. The number of alkyl halides is 3. The number of anilines is 2. The molecule has 0 aliphatic carbocycles. The number of benzene rings is 1. The molecule has 1 aliphatic rings. The van der Waals surface area contributed by atoms with Crippen LogP contribution in [-0.4, -0.2) is 16.8 Å². The van der Waals surface area contributed by atoms with E-state index >= 15 is 0 Å². The van der Waals surface area contributed by atoms with E-state index in [1.165, 1.54) is 6.07 Å². The number of nitrogens with one attached hydrogen (secondary N) is 1. The van der Waals surface area contributed by atoms with Crippen LogP contribution in [0.15, 0.2) is 24.3 Å². The van der Waals surface area contributed by atoms with Crippen molar-refractivity contribution in [3.63, 3.8) is 0 Å². The standard InChI is InChI=1S/C12H7ClF3N3O2/c13-9-4-10(19-11(18-9)12(14,15)16)17-6-1-2-7-8(3-6)21-5-20-7/h1-4H,5H2,(H,17,18,19). The summed E-state index contributed by atoms with van der Waals surface area (Å²) < 4.78 is 48.2. The summed E-state index contributed by atoms with van der Waals surface area (Å²) in [6, 6.07) is 6.04. The Morgan fingerprint density at radius 1 is 1.10 bits per heavy atom. The monoisotopic (exact) mass is 317 g/mol. The second-order valence-corrected chi connectivity index (χ2v) is 4.48. The van der Waals surface area contributed by atoms with Crippen molar-refractivity contribution < 1.29 is 22.6 Å². The highest BCUT2D eigenvalue weighted by Gasteiger charge is 2.35. The summed E-state index contributed by atoms with van der Waals surface area (Å²) in [6.07, 6.45) is -4.67. The van der Waals surface area contributed by atoms with Crippen molar-refractivity contribution in [1.29, 1.82) is 0 Å². The van der Waals surface area contributed by atoms with E-state index in [0.29, 0.717) is 17.2 Å². The number of halogens is 4. The fourth-order valence-electron chi connectivity index (χ4n) is 1.73. The number of ether oxygens (including phenoxy) is 2. The van der Waals surface area contributed by atoms with Crippen molar-refractivity contribution in [1.82, 2.24) is 9.97 Å². The molecule has 0 spiro atoms. The molecule has 110 valence electrons. The highest BCUT2D eigenvalue weighted by molar-refractivity contribution is 6.29. The van der Waals surface area contributed by atoms with Crippen molar-refractivity contribution >= 4 is 23.1 Å². The molecule has 9 heteroatoms. The molecular formula is C12H7ClF3N3O2. The number of hydrogen-bond donors (Lipinski definition) is 1. The smallest absolute Gasteiger partial charge is 0.451 e. The SMILES string of the molecule is FC(F)(F)c1nc(Cl)cc(Nc2ccc3c(c2)OCO3)n1. The van der Waals surface area contributed by atoms with Gasteiger partial charge in [0.15, 0.2) is 11.5 Å². The second-order valence-electron chi connectivity index (χ2n) is 4.09. The van der Waals surface area contributed by atoms with Crippen LogP contribution in [0.25, 0.3) is 0 Å². The van der Waals surface area contributed by atoms with Gasteiger partial charge in [-0.2, -0.15) is 13.2 Å². The molecule has 2 aromatic rings. The number of hydrogen-bond acceptors (Lipinski definition) is 5. The van der Waals surface area contributed by atoms with E-state index in [0.717, 1.165) is 0 Å². The Bertz CT molecular complexity index is 694. The van der Waals surface area contributed by atoms with E-state index in [1.54, 1.807) is 18.2 Å². The maximum absolute atomic E-state index is 12.6. The Morgan fingerprint density at radius 3 is 2.62 bits per heavy atom. The molecule has 5 nitrogen and oxygen atoms in total. The van der Waals surface area contributed by atoms with Gasteiger partial charge in [-0.15, -0.1) is 0 Å². The first-order valence-corrected chi connectivity index (χ1v) is 6.08. The summed E-state index contributed by atoms with van der Waals surface area (Å²) in [4.78, 5) is 6.54. The highest BCUT2D eigenvalue weighted by atomic mass is 35.5. The van der Waals surface area contributed by atoms with Gasteiger partial charge in [-0.25, -0.2) is 9.97 Å². The number of fused-ring (bicyclic) bond motifs is 1. The lowest BCUT2D eigenvalue weighted by Gasteiger charge is -2.10. The van der Waals surface area contributed by atoms with Crippen molar-refractivity contribution in [2.45, 2.75) is 6.18 Å². The van der Waals surface area contributed by atoms with Gasteiger partial charge in [0.25, 0.3) is 0 Å². The van der Waals surface area contributed by atoms with Gasteiger partial charge in [0.05, 0.1) is 0 Å². The minimum atomic E-state index is -4.67. The summed E-state index contributed by atoms with van der Waals surface area (Å²) in [5, 5.41) is 2.41. The molecule has 0 saturated heterocycles. The topological polar surface area (TPSA) is 56.3 Å². The summed E-state index contributed by atoms with van der Waals surface area (Å²) in [7, 11) is 0. The minimum Gasteiger partial charge on any atom is -0.454 e. The number of rotatable bonds is 2. The van der Waals surface area contributed by atoms with Crippen LogP contribution < -0.4 is 14.8 Å². The van der Waals surface area contributed by atoms with Crippen LogP contribution in [0, 0.1) is 0 Å². The Labute approximate surface area is 121 Å². The van der Waals surface area contributed by atoms with Crippen molar-refractivity contribution in [3.8, 4) is 11.5 Å². The van der Waals surface area contributed by atoms with Gasteiger partial charge >= 0.3 is 6.18 Å². The van der Waals surface area contributed by atoms with E-state index < -0.39 is 12.0 Å². The van der Waals surface area contributed by atoms with Gasteiger partial charge < -0.3 is 14.8 Å². The molecule has 0 unspecified atom stereocenters. The third kappa shape index (κ3) is 2.94. The van der Waals surface area contributed by atoms with Crippen LogP contribution in [0.1, 0.15) is 5.82 Å². The zero-order valence-electron chi connectivity index (χ0n) is 10.2. The molecule has 2 heterocycles. The van der Waals surface area contributed by atoms with Crippen molar-refractivity contribution in [2.24, 2.45) is 0 Å². The normalized spacial score (nSPS) is 13.3. The first-order valence-electron chi connectivity index (χ1n) is 5.70. The molecule has 0 fully saturated rings. The molecule has 0 radical (unpaired) electrons. The largest absolute Gasteiger partial charge is 0.454 e. The second kappa shape index (κ2) is 4.96. The Balaban J connectivity index is 1.89. The highest BCUT2D eigenvalue weighted by Crippen LogP contribution is 2.35. The number of aromatic nitrogens is 2. The van der Waals surface area contributed by atoms with E-state index in [9.17, 15) is 13.2 Å². The number of nitrogens with zero attached hydrogens (tertiary/aromatic N) is 2. The molecule has 0 bridgehead atoms. The summed E-state index contributed by atoms with van der Waals surface area (Å²) in [5.74, 6) is -0.312. The van der Waals surface area contributed by atoms with Gasteiger partial charge in [0.2, 0.25) is 12.6 Å². The van der Waals surface area contributed by atoms with Crippen LogP contribution >= 0.6 is 11.6 Å². The summed E-state index contributed by atoms with van der Waals surface area (Å²) in [6.45, 7) is 0.107. The third-order valence-corrected chi connectivity index (χ3v) is 2.79. The zero-order valence-corrected chi connectivity index (χ0v) is 11.0. The van der Waals surface area contributed by atoms with E-state index in [4.69, 9.17) is 21.1 Å². The fraction of sp³-hybridized carbons (Fsp3) is 0.167. The third-order valence-electron chi connectivity index (χ3n) is 2.59. The first-order chi connectivity index (χ1) is 9.91. The van der Waals surface area contributed by atoms with Gasteiger partial charge in [0.1, 0.15) is 11.0 Å². The molecule has 1 N–H and O–H groups in total. The predicted octanol–water partition coefficient (Wildman–Crippen LogP) is 3.62. The van der Waals surface area contributed by atoms with Gasteiger partial charge in [-0.1, -0.05) is 11.6 Å². The average Bonchev–Trinajstić information content (AvgIpc) is 2.84. The lowest BCUT2D eigenvalue weighted by Crippen LogP contribution is -2.12. The molecule has 1 aromatic carbocycles. The van der Waals surface area contributed by atoms with E-state index in [2.05, 4.69) is 15.3 Å². The van der Waals surface area contributed by atoms with Gasteiger partial charge in [-0.05, 0) is 12.1 Å². The average molecular weight is 318 g/mol. The summed E-state index contributed by atoms with van der Waals surface area (Å²) in [5.41, 5.74) is 0.488. The lowest BCUT2D eigenvalue weighted by atomic mass is 10.3. The summed E-state index contributed by atoms with van der Waals surface area (Å²) >= 11 is 5.58. The van der Waals surface area contributed by atoms with Crippen LogP contribution in [0.2, 0.25) is 5.15 Å². The van der Waals surface area contributed by atoms with E-state index in [1.807, 2.05) is 0 Å². The van der Waals surface area contributed by atoms with Crippen LogP contribution in [-0.2, 0) is 6.18 Å². The molecule has 21 heavy (non-hydrogen) atoms. The fourth-order valence-corrected chi connectivity index (χ4v) is 1.91.